The number of amides is 1. The first-order chi connectivity index (χ1) is 12.0. The summed E-state index contributed by atoms with van der Waals surface area (Å²) in [7, 11) is 1.56. The first-order valence-electron chi connectivity index (χ1n) is 8.05. The summed E-state index contributed by atoms with van der Waals surface area (Å²) < 4.78 is 11.2. The van der Waals surface area contributed by atoms with Gasteiger partial charge in [0, 0.05) is 5.39 Å². The van der Waals surface area contributed by atoms with E-state index in [2.05, 4.69) is 18.8 Å². The highest BCUT2D eigenvalue weighted by atomic mass is 16.5. The summed E-state index contributed by atoms with van der Waals surface area (Å²) in [4.78, 5) is 16.3. The maximum Gasteiger partial charge on any atom is 0.254 e. The molecule has 5 heteroatoms. The molecule has 0 aliphatic heterocycles. The van der Waals surface area contributed by atoms with Gasteiger partial charge in [-0.05, 0) is 35.7 Å². The summed E-state index contributed by atoms with van der Waals surface area (Å²) in [5, 5.41) is 0.724. The SMILES string of the molecule is COc1cccc2cc(C(N)=O)c(=Nc3ccc(C(C)C)cc3)oc12. The second-order valence-electron chi connectivity index (χ2n) is 6.07. The van der Waals surface area contributed by atoms with Gasteiger partial charge in [-0.15, -0.1) is 0 Å². The van der Waals surface area contributed by atoms with E-state index in [0.717, 1.165) is 5.39 Å². The van der Waals surface area contributed by atoms with E-state index in [1.54, 1.807) is 19.2 Å². The Morgan fingerprint density at radius 2 is 1.88 bits per heavy atom. The van der Waals surface area contributed by atoms with Gasteiger partial charge in [0.15, 0.2) is 11.3 Å². The highest BCUT2D eigenvalue weighted by molar-refractivity contribution is 5.96. The van der Waals surface area contributed by atoms with Crippen LogP contribution in [0.15, 0.2) is 57.9 Å². The average molecular weight is 336 g/mol. The number of primary amides is 1. The van der Waals surface area contributed by atoms with Gasteiger partial charge in [0.25, 0.3) is 5.91 Å². The third-order valence-corrected chi connectivity index (χ3v) is 4.01. The smallest absolute Gasteiger partial charge is 0.254 e. The van der Waals surface area contributed by atoms with Crippen LogP contribution in [0, 0.1) is 0 Å². The Morgan fingerprint density at radius 1 is 1.16 bits per heavy atom. The molecule has 128 valence electrons. The molecule has 1 aromatic heterocycles. The van der Waals surface area contributed by atoms with Crippen LogP contribution in [-0.4, -0.2) is 13.0 Å². The molecular formula is C20H20N2O3. The third-order valence-electron chi connectivity index (χ3n) is 4.01. The monoisotopic (exact) mass is 336 g/mol. The summed E-state index contributed by atoms with van der Waals surface area (Å²) in [6.07, 6.45) is 0. The third kappa shape index (κ3) is 3.40. The molecule has 2 aromatic carbocycles. The predicted octanol–water partition coefficient (Wildman–Crippen LogP) is 3.90. The van der Waals surface area contributed by atoms with Crippen molar-refractivity contribution in [2.45, 2.75) is 19.8 Å². The molecule has 0 unspecified atom stereocenters. The van der Waals surface area contributed by atoms with Crippen LogP contribution in [0.1, 0.15) is 35.7 Å². The second-order valence-corrected chi connectivity index (χ2v) is 6.07. The number of nitrogens with two attached hydrogens (primary N) is 1. The van der Waals surface area contributed by atoms with Gasteiger partial charge in [0.2, 0.25) is 5.55 Å². The summed E-state index contributed by atoms with van der Waals surface area (Å²) in [6.45, 7) is 4.25. The Bertz CT molecular complexity index is 986. The quantitative estimate of drug-likeness (QED) is 0.785. The molecule has 3 aromatic rings. The standard InChI is InChI=1S/C20H20N2O3/c1-12(2)13-7-9-15(10-8-13)22-20-16(19(21)23)11-14-5-4-6-17(24-3)18(14)25-20/h4-12H,1-3H3,(H2,21,23). The van der Waals surface area contributed by atoms with Gasteiger partial charge in [-0.2, -0.15) is 0 Å². The number of nitrogens with zero attached hydrogens (tertiary/aromatic N) is 1. The molecule has 1 heterocycles. The number of rotatable bonds is 4. The molecule has 0 aliphatic rings. The maximum absolute atomic E-state index is 11.8. The van der Waals surface area contributed by atoms with Crippen LogP contribution in [0.3, 0.4) is 0 Å². The summed E-state index contributed by atoms with van der Waals surface area (Å²) in [6, 6.07) is 14.9. The second kappa shape index (κ2) is 6.81. The lowest BCUT2D eigenvalue weighted by molar-refractivity contribution is 0.0996. The predicted molar refractivity (Wildman–Crippen MR) is 97.0 cm³/mol. The van der Waals surface area contributed by atoms with E-state index < -0.39 is 5.91 Å². The number of hydrogen-bond donors (Lipinski definition) is 1. The van der Waals surface area contributed by atoms with E-state index in [1.165, 1.54) is 5.56 Å². The lowest BCUT2D eigenvalue weighted by Crippen LogP contribution is -2.21. The van der Waals surface area contributed by atoms with Crippen molar-refractivity contribution in [3.05, 3.63) is 65.2 Å². The summed E-state index contributed by atoms with van der Waals surface area (Å²) >= 11 is 0. The number of benzene rings is 2. The van der Waals surface area contributed by atoms with Crippen molar-refractivity contribution in [2.75, 3.05) is 7.11 Å². The van der Waals surface area contributed by atoms with Gasteiger partial charge >= 0.3 is 0 Å². The fourth-order valence-corrected chi connectivity index (χ4v) is 2.60. The van der Waals surface area contributed by atoms with Crippen molar-refractivity contribution in [2.24, 2.45) is 10.7 Å². The number of carbonyl (C=O) groups excluding carboxylic acids is 1. The van der Waals surface area contributed by atoms with Crippen molar-refractivity contribution in [3.8, 4) is 5.75 Å². The average Bonchev–Trinajstić information content (AvgIpc) is 2.61. The molecule has 5 nitrogen and oxygen atoms in total. The molecule has 0 atom stereocenters. The molecule has 3 rings (SSSR count). The lowest BCUT2D eigenvalue weighted by atomic mass is 10.0. The van der Waals surface area contributed by atoms with E-state index in [4.69, 9.17) is 14.9 Å². The van der Waals surface area contributed by atoms with Crippen LogP contribution in [-0.2, 0) is 0 Å². The fraction of sp³-hybridized carbons (Fsp3) is 0.200. The Labute approximate surface area is 145 Å². The van der Waals surface area contributed by atoms with Gasteiger partial charge in [-0.25, -0.2) is 4.99 Å². The van der Waals surface area contributed by atoms with E-state index >= 15 is 0 Å². The zero-order valence-electron chi connectivity index (χ0n) is 14.4. The van der Waals surface area contributed by atoms with Crippen molar-refractivity contribution >= 4 is 22.6 Å². The van der Waals surface area contributed by atoms with E-state index in [0.29, 0.717) is 22.9 Å². The van der Waals surface area contributed by atoms with Crippen LogP contribution < -0.4 is 16.0 Å². The van der Waals surface area contributed by atoms with Crippen molar-refractivity contribution in [1.82, 2.24) is 0 Å². The fourth-order valence-electron chi connectivity index (χ4n) is 2.60. The van der Waals surface area contributed by atoms with Gasteiger partial charge in [0.05, 0.1) is 12.8 Å². The summed E-state index contributed by atoms with van der Waals surface area (Å²) in [5.74, 6) is 0.413. The van der Waals surface area contributed by atoms with Gasteiger partial charge < -0.3 is 14.9 Å². The Kier molecular flexibility index (Phi) is 4.57. The molecule has 0 spiro atoms. The Hall–Kier alpha value is -3.08. The zero-order chi connectivity index (χ0) is 18.0. The number of hydrogen-bond acceptors (Lipinski definition) is 4. The zero-order valence-corrected chi connectivity index (χ0v) is 14.4. The van der Waals surface area contributed by atoms with E-state index in [-0.39, 0.29) is 11.1 Å². The molecule has 2 N–H and O–H groups in total. The number of para-hydroxylation sites is 1. The van der Waals surface area contributed by atoms with E-state index in [1.807, 2.05) is 36.4 Å². The van der Waals surface area contributed by atoms with Gasteiger partial charge in [0.1, 0.15) is 5.56 Å². The topological polar surface area (TPSA) is 77.8 Å². The van der Waals surface area contributed by atoms with Gasteiger partial charge in [-0.3, -0.25) is 4.79 Å². The van der Waals surface area contributed by atoms with Crippen LogP contribution in [0.2, 0.25) is 0 Å². The normalized spacial score (nSPS) is 11.9. The number of ether oxygens (including phenoxy) is 1. The number of methoxy groups -OCH3 is 1. The minimum atomic E-state index is -0.592. The Balaban J connectivity index is 2.22. The minimum absolute atomic E-state index is 0.168. The number of carbonyl (C=O) groups is 1. The molecule has 1 amide bonds. The van der Waals surface area contributed by atoms with Crippen LogP contribution in [0.5, 0.6) is 5.75 Å². The van der Waals surface area contributed by atoms with Crippen molar-refractivity contribution in [1.29, 1.82) is 0 Å². The number of fused-ring (bicyclic) bond motifs is 1. The highest BCUT2D eigenvalue weighted by Gasteiger charge is 2.12. The van der Waals surface area contributed by atoms with Crippen LogP contribution >= 0.6 is 0 Å². The van der Waals surface area contributed by atoms with Crippen molar-refractivity contribution in [3.63, 3.8) is 0 Å². The van der Waals surface area contributed by atoms with Crippen molar-refractivity contribution < 1.29 is 13.9 Å². The van der Waals surface area contributed by atoms with Crippen LogP contribution in [0.25, 0.3) is 11.0 Å². The lowest BCUT2D eigenvalue weighted by Gasteiger charge is -2.07. The first-order valence-corrected chi connectivity index (χ1v) is 8.05. The molecule has 0 fully saturated rings. The largest absolute Gasteiger partial charge is 0.493 e. The minimum Gasteiger partial charge on any atom is -0.493 e. The summed E-state index contributed by atoms with van der Waals surface area (Å²) in [5.41, 5.74) is 8.32. The van der Waals surface area contributed by atoms with Gasteiger partial charge in [-0.1, -0.05) is 38.1 Å². The molecular weight excluding hydrogens is 316 g/mol. The Morgan fingerprint density at radius 3 is 2.48 bits per heavy atom. The molecule has 0 radical (unpaired) electrons. The highest BCUT2D eigenvalue weighted by Crippen LogP contribution is 2.25. The molecule has 0 saturated heterocycles. The first kappa shape index (κ1) is 16.8. The maximum atomic E-state index is 11.8. The van der Waals surface area contributed by atoms with E-state index in [9.17, 15) is 4.79 Å². The van der Waals surface area contributed by atoms with Crippen LogP contribution in [0.4, 0.5) is 5.69 Å². The molecule has 0 aliphatic carbocycles. The molecule has 0 saturated carbocycles. The molecule has 25 heavy (non-hydrogen) atoms. The molecule has 0 bridgehead atoms.